The Morgan fingerprint density at radius 3 is 2.46 bits per heavy atom. The Bertz CT molecular complexity index is 1400. The van der Waals surface area contributed by atoms with Crippen LogP contribution >= 0.6 is 0 Å². The number of ether oxygens (including phenoxy) is 3. The monoisotopic (exact) mass is 532 g/mol. The zero-order chi connectivity index (χ0) is 27.8. The molecule has 0 spiro atoms. The summed E-state index contributed by atoms with van der Waals surface area (Å²) in [4.78, 5) is 39.4. The average Bonchev–Trinajstić information content (AvgIpc) is 2.92. The first-order chi connectivity index (χ1) is 18.9. The quantitative estimate of drug-likeness (QED) is 0.268. The lowest BCUT2D eigenvalue weighted by atomic mass is 10.1. The van der Waals surface area contributed by atoms with Crippen LogP contribution in [-0.4, -0.2) is 36.0 Å². The summed E-state index contributed by atoms with van der Waals surface area (Å²) in [5.74, 6) is -0.309. The smallest absolute Gasteiger partial charge is 0.331 e. The second kappa shape index (κ2) is 12.7. The van der Waals surface area contributed by atoms with Gasteiger partial charge in [-0.25, -0.2) is 9.18 Å². The first-order valence-electron chi connectivity index (χ1n) is 12.6. The van der Waals surface area contributed by atoms with E-state index in [1.165, 1.54) is 18.2 Å². The van der Waals surface area contributed by atoms with Crippen molar-refractivity contribution in [2.24, 2.45) is 0 Å². The minimum absolute atomic E-state index is 0.0692. The van der Waals surface area contributed by atoms with Gasteiger partial charge in [-0.1, -0.05) is 37.3 Å². The fourth-order valence-corrected chi connectivity index (χ4v) is 3.92. The van der Waals surface area contributed by atoms with Crippen LogP contribution < -0.4 is 19.5 Å². The third kappa shape index (κ3) is 7.01. The van der Waals surface area contributed by atoms with E-state index in [1.807, 2.05) is 13.8 Å². The first-order valence-corrected chi connectivity index (χ1v) is 12.6. The lowest BCUT2D eigenvalue weighted by molar-refractivity contribution is -0.130. The van der Waals surface area contributed by atoms with E-state index in [2.05, 4.69) is 5.32 Å². The summed E-state index contributed by atoms with van der Waals surface area (Å²) in [6.07, 6.45) is 2.24. The number of barbiturate groups is 1. The second-order valence-corrected chi connectivity index (χ2v) is 8.76. The maximum absolute atomic E-state index is 13.4. The lowest BCUT2D eigenvalue weighted by Gasteiger charge is -2.26. The number of imide groups is 2. The normalized spacial score (nSPS) is 14.4. The Balaban J connectivity index is 1.51. The van der Waals surface area contributed by atoms with Gasteiger partial charge >= 0.3 is 6.03 Å². The molecular weight excluding hydrogens is 503 g/mol. The van der Waals surface area contributed by atoms with Crippen molar-refractivity contribution in [3.8, 4) is 17.2 Å². The van der Waals surface area contributed by atoms with Crippen LogP contribution in [0.4, 0.5) is 9.18 Å². The SMILES string of the molecule is CCCOc1ccc(CN2C(=O)NC(=O)/C(=C/c3cccc(OCc4cccc(F)c4)c3)C2=O)cc1OCC. The van der Waals surface area contributed by atoms with E-state index in [1.54, 1.807) is 54.6 Å². The molecule has 0 saturated carbocycles. The summed E-state index contributed by atoms with van der Waals surface area (Å²) in [6.45, 7) is 4.87. The van der Waals surface area contributed by atoms with Gasteiger partial charge in [0, 0.05) is 0 Å². The Hall–Kier alpha value is -4.66. The van der Waals surface area contributed by atoms with Crippen LogP contribution in [0.5, 0.6) is 17.2 Å². The van der Waals surface area contributed by atoms with E-state index >= 15 is 0 Å². The van der Waals surface area contributed by atoms with Gasteiger partial charge in [0.1, 0.15) is 23.7 Å². The number of carbonyl (C=O) groups excluding carboxylic acids is 3. The molecule has 1 heterocycles. The Kier molecular flexibility index (Phi) is 8.94. The predicted octanol–water partition coefficient (Wildman–Crippen LogP) is 5.25. The lowest BCUT2D eigenvalue weighted by Crippen LogP contribution is -2.53. The molecular formula is C30H29FN2O6. The number of rotatable bonds is 11. The Labute approximate surface area is 226 Å². The fourth-order valence-electron chi connectivity index (χ4n) is 3.92. The zero-order valence-corrected chi connectivity index (χ0v) is 21.7. The number of hydrogen-bond donors (Lipinski definition) is 1. The summed E-state index contributed by atoms with van der Waals surface area (Å²) in [5.41, 5.74) is 1.62. The first kappa shape index (κ1) is 27.4. The van der Waals surface area contributed by atoms with Crippen molar-refractivity contribution in [3.63, 3.8) is 0 Å². The molecule has 3 aromatic rings. The Morgan fingerprint density at radius 2 is 1.69 bits per heavy atom. The number of hydrogen-bond acceptors (Lipinski definition) is 6. The van der Waals surface area contributed by atoms with Crippen LogP contribution in [0.15, 0.2) is 72.3 Å². The highest BCUT2D eigenvalue weighted by atomic mass is 19.1. The highest BCUT2D eigenvalue weighted by Gasteiger charge is 2.35. The van der Waals surface area contributed by atoms with Crippen molar-refractivity contribution in [3.05, 3.63) is 94.8 Å². The van der Waals surface area contributed by atoms with E-state index < -0.39 is 17.8 Å². The summed E-state index contributed by atoms with van der Waals surface area (Å²) < 4.78 is 30.6. The number of urea groups is 1. The molecule has 0 aromatic heterocycles. The van der Waals surface area contributed by atoms with Gasteiger partial charge in [-0.05, 0) is 72.5 Å². The van der Waals surface area contributed by atoms with Crippen molar-refractivity contribution in [2.75, 3.05) is 13.2 Å². The molecule has 9 heteroatoms. The molecule has 0 bridgehead atoms. The molecule has 0 atom stereocenters. The molecule has 0 radical (unpaired) electrons. The zero-order valence-electron chi connectivity index (χ0n) is 21.7. The molecule has 1 saturated heterocycles. The van der Waals surface area contributed by atoms with Gasteiger partial charge in [0.15, 0.2) is 11.5 Å². The summed E-state index contributed by atoms with van der Waals surface area (Å²) in [7, 11) is 0. The predicted molar refractivity (Wildman–Crippen MR) is 143 cm³/mol. The molecule has 4 rings (SSSR count). The fraction of sp³-hybridized carbons (Fsp3) is 0.233. The number of amides is 4. The second-order valence-electron chi connectivity index (χ2n) is 8.76. The van der Waals surface area contributed by atoms with E-state index in [0.29, 0.717) is 47.2 Å². The minimum atomic E-state index is -0.807. The molecule has 0 unspecified atom stereocenters. The molecule has 3 aromatic carbocycles. The van der Waals surface area contributed by atoms with Gasteiger partial charge in [-0.2, -0.15) is 0 Å². The van der Waals surface area contributed by atoms with Gasteiger partial charge in [0.2, 0.25) is 0 Å². The highest BCUT2D eigenvalue weighted by Crippen LogP contribution is 2.30. The van der Waals surface area contributed by atoms with Crippen LogP contribution in [0, 0.1) is 5.82 Å². The summed E-state index contributed by atoms with van der Waals surface area (Å²) in [6, 6.07) is 17.2. The van der Waals surface area contributed by atoms with Crippen molar-refractivity contribution in [2.45, 2.75) is 33.4 Å². The molecule has 0 aliphatic carbocycles. The molecule has 39 heavy (non-hydrogen) atoms. The van der Waals surface area contributed by atoms with E-state index in [4.69, 9.17) is 14.2 Å². The number of benzene rings is 3. The van der Waals surface area contributed by atoms with Crippen LogP contribution in [0.3, 0.4) is 0 Å². The third-order valence-electron chi connectivity index (χ3n) is 5.76. The maximum Gasteiger partial charge on any atom is 0.331 e. The van der Waals surface area contributed by atoms with Gasteiger partial charge in [0.05, 0.1) is 19.8 Å². The van der Waals surface area contributed by atoms with Gasteiger partial charge in [0.25, 0.3) is 11.8 Å². The molecule has 1 N–H and O–H groups in total. The third-order valence-corrected chi connectivity index (χ3v) is 5.76. The van der Waals surface area contributed by atoms with Crippen LogP contribution in [0.2, 0.25) is 0 Å². The van der Waals surface area contributed by atoms with E-state index in [0.717, 1.165) is 11.3 Å². The van der Waals surface area contributed by atoms with Crippen LogP contribution in [0.1, 0.15) is 37.0 Å². The number of nitrogens with one attached hydrogen (secondary N) is 1. The molecule has 1 aliphatic rings. The number of carbonyl (C=O) groups is 3. The average molecular weight is 533 g/mol. The van der Waals surface area contributed by atoms with E-state index in [9.17, 15) is 18.8 Å². The van der Waals surface area contributed by atoms with Gasteiger partial charge in [-0.3, -0.25) is 19.8 Å². The molecule has 202 valence electrons. The number of nitrogens with zero attached hydrogens (tertiary/aromatic N) is 1. The van der Waals surface area contributed by atoms with Crippen molar-refractivity contribution < 1.29 is 33.0 Å². The largest absolute Gasteiger partial charge is 0.490 e. The molecule has 1 aliphatic heterocycles. The van der Waals surface area contributed by atoms with Crippen molar-refractivity contribution >= 4 is 23.9 Å². The van der Waals surface area contributed by atoms with Gasteiger partial charge < -0.3 is 14.2 Å². The van der Waals surface area contributed by atoms with Crippen LogP contribution in [-0.2, 0) is 22.7 Å². The Morgan fingerprint density at radius 1 is 0.872 bits per heavy atom. The molecule has 4 amide bonds. The van der Waals surface area contributed by atoms with Crippen molar-refractivity contribution in [1.82, 2.24) is 10.2 Å². The van der Waals surface area contributed by atoms with E-state index in [-0.39, 0.29) is 24.5 Å². The number of halogens is 1. The minimum Gasteiger partial charge on any atom is -0.490 e. The molecule has 1 fully saturated rings. The standard InChI is InChI=1S/C30H29FN2O6/c1-3-13-38-26-12-11-21(17-27(26)37-4-2)18-33-29(35)25(28(34)32-30(33)36)16-20-7-6-10-24(15-20)39-19-22-8-5-9-23(31)14-22/h5-12,14-17H,3-4,13,18-19H2,1-2H3,(H,32,34,36)/b25-16-. The highest BCUT2D eigenvalue weighted by molar-refractivity contribution is 6.30. The molecule has 8 nitrogen and oxygen atoms in total. The van der Waals surface area contributed by atoms with Gasteiger partial charge in [-0.15, -0.1) is 0 Å². The van der Waals surface area contributed by atoms with Crippen LogP contribution in [0.25, 0.3) is 6.08 Å². The maximum atomic E-state index is 13.4. The summed E-state index contributed by atoms with van der Waals surface area (Å²) in [5, 5.41) is 2.23. The summed E-state index contributed by atoms with van der Waals surface area (Å²) >= 11 is 0. The topological polar surface area (TPSA) is 94.2 Å². The van der Waals surface area contributed by atoms with Crippen molar-refractivity contribution in [1.29, 1.82) is 0 Å².